The van der Waals surface area contributed by atoms with Crippen molar-refractivity contribution < 1.29 is 8.42 Å². The summed E-state index contributed by atoms with van der Waals surface area (Å²) in [5.74, 6) is -0.643. The first kappa shape index (κ1) is 15.7. The quantitative estimate of drug-likeness (QED) is 0.808. The van der Waals surface area contributed by atoms with Gasteiger partial charge in [0.2, 0.25) is 0 Å². The van der Waals surface area contributed by atoms with Crippen LogP contribution in [-0.2, 0) is 9.84 Å². The minimum Gasteiger partial charge on any atom is -0.223 e. The Balaban J connectivity index is 2.10. The maximum absolute atomic E-state index is 12.9. The Bertz CT molecular complexity index is 911. The third kappa shape index (κ3) is 2.35. The zero-order valence-corrected chi connectivity index (χ0v) is 14.3. The summed E-state index contributed by atoms with van der Waals surface area (Å²) >= 11 is 3.32. The number of nitriles is 2. The SMILES string of the molecule is N#CC1(C#N)[C@H](c2ccc(Br)cc2)[C@@H]1S(=O)(=O)c1ccccc1. The van der Waals surface area contributed by atoms with Crippen LogP contribution in [0.3, 0.4) is 0 Å². The highest BCUT2D eigenvalue weighted by Gasteiger charge is 2.73. The predicted molar refractivity (Wildman–Crippen MR) is 88.0 cm³/mol. The standard InChI is InChI=1S/C17H11BrN2O2S/c18-13-8-6-12(7-9-13)15-16(17(15,10-19)11-20)23(21,22)14-4-2-1-3-5-14/h1-9,15-16H/t15-,16+/m1/s1. The summed E-state index contributed by atoms with van der Waals surface area (Å²) in [6, 6.07) is 18.9. The van der Waals surface area contributed by atoms with Crippen LogP contribution >= 0.6 is 15.9 Å². The molecule has 0 aliphatic heterocycles. The van der Waals surface area contributed by atoms with Crippen molar-refractivity contribution in [1.29, 1.82) is 10.5 Å². The molecule has 114 valence electrons. The number of hydrogen-bond donors (Lipinski definition) is 0. The average molecular weight is 387 g/mol. The fraction of sp³-hybridized carbons (Fsp3) is 0.176. The second-order valence-electron chi connectivity index (χ2n) is 5.40. The first-order chi connectivity index (χ1) is 11.0. The van der Waals surface area contributed by atoms with E-state index in [-0.39, 0.29) is 4.90 Å². The molecule has 0 amide bonds. The third-order valence-corrected chi connectivity index (χ3v) is 6.91. The summed E-state index contributed by atoms with van der Waals surface area (Å²) in [4.78, 5) is 0.138. The van der Waals surface area contributed by atoms with Gasteiger partial charge in [0.05, 0.1) is 17.0 Å². The molecule has 2 atom stereocenters. The fourth-order valence-corrected chi connectivity index (χ4v) is 5.42. The Kier molecular flexibility index (Phi) is 3.75. The van der Waals surface area contributed by atoms with Crippen LogP contribution in [0.4, 0.5) is 0 Å². The Morgan fingerprint density at radius 2 is 1.52 bits per heavy atom. The molecule has 0 unspecified atom stereocenters. The molecule has 1 aliphatic carbocycles. The van der Waals surface area contributed by atoms with Gasteiger partial charge < -0.3 is 0 Å². The summed E-state index contributed by atoms with van der Waals surface area (Å²) in [6.07, 6.45) is 0. The number of sulfone groups is 1. The van der Waals surface area contributed by atoms with Gasteiger partial charge in [0.25, 0.3) is 0 Å². The number of nitrogens with zero attached hydrogens (tertiary/aromatic N) is 2. The zero-order chi connectivity index (χ0) is 16.7. The van der Waals surface area contributed by atoms with Crippen LogP contribution in [0.15, 0.2) is 64.0 Å². The van der Waals surface area contributed by atoms with E-state index in [4.69, 9.17) is 0 Å². The van der Waals surface area contributed by atoms with Gasteiger partial charge in [0, 0.05) is 10.4 Å². The molecule has 0 N–H and O–H groups in total. The molecule has 23 heavy (non-hydrogen) atoms. The van der Waals surface area contributed by atoms with Crippen LogP contribution in [0.5, 0.6) is 0 Å². The van der Waals surface area contributed by atoms with E-state index < -0.39 is 26.4 Å². The van der Waals surface area contributed by atoms with E-state index >= 15 is 0 Å². The van der Waals surface area contributed by atoms with Gasteiger partial charge in [-0.15, -0.1) is 0 Å². The Morgan fingerprint density at radius 1 is 0.957 bits per heavy atom. The van der Waals surface area contributed by atoms with Crippen molar-refractivity contribution in [3.05, 3.63) is 64.6 Å². The highest BCUT2D eigenvalue weighted by Crippen LogP contribution is 2.63. The average Bonchev–Trinajstić information content (AvgIpc) is 3.27. The van der Waals surface area contributed by atoms with E-state index in [0.717, 1.165) is 4.47 Å². The van der Waals surface area contributed by atoms with Crippen LogP contribution < -0.4 is 0 Å². The summed E-state index contributed by atoms with van der Waals surface area (Å²) in [7, 11) is -3.76. The molecular weight excluding hydrogens is 376 g/mol. The summed E-state index contributed by atoms with van der Waals surface area (Å²) in [6.45, 7) is 0. The molecule has 0 saturated heterocycles. The number of hydrogen-bond acceptors (Lipinski definition) is 4. The van der Waals surface area contributed by atoms with Crippen LogP contribution in [0, 0.1) is 28.1 Å². The Hall–Kier alpha value is -2.15. The predicted octanol–water partition coefficient (Wildman–Crippen LogP) is 3.42. The molecular formula is C17H11BrN2O2S. The molecule has 0 bridgehead atoms. The van der Waals surface area contributed by atoms with E-state index in [1.165, 1.54) is 12.1 Å². The Morgan fingerprint density at radius 3 is 2.04 bits per heavy atom. The van der Waals surface area contributed by atoms with Gasteiger partial charge in [-0.05, 0) is 29.8 Å². The minimum absolute atomic E-state index is 0.138. The van der Waals surface area contributed by atoms with Crippen molar-refractivity contribution in [2.75, 3.05) is 0 Å². The number of halogens is 1. The number of benzene rings is 2. The molecule has 0 radical (unpaired) electrons. The largest absolute Gasteiger partial charge is 0.223 e. The lowest BCUT2D eigenvalue weighted by atomic mass is 10.0. The lowest BCUT2D eigenvalue weighted by Crippen LogP contribution is -2.14. The van der Waals surface area contributed by atoms with E-state index in [0.29, 0.717) is 5.56 Å². The zero-order valence-electron chi connectivity index (χ0n) is 11.8. The van der Waals surface area contributed by atoms with Crippen molar-refractivity contribution >= 4 is 25.8 Å². The second kappa shape index (κ2) is 5.49. The lowest BCUT2D eigenvalue weighted by molar-refractivity contribution is 0.591. The van der Waals surface area contributed by atoms with Gasteiger partial charge >= 0.3 is 0 Å². The normalized spacial score (nSPS) is 21.9. The molecule has 4 nitrogen and oxygen atoms in total. The highest BCUT2D eigenvalue weighted by atomic mass is 79.9. The van der Waals surface area contributed by atoms with E-state index in [1.54, 1.807) is 42.5 Å². The lowest BCUT2D eigenvalue weighted by Gasteiger charge is -2.03. The monoisotopic (exact) mass is 386 g/mol. The van der Waals surface area contributed by atoms with E-state index in [9.17, 15) is 18.9 Å². The summed E-state index contributed by atoms with van der Waals surface area (Å²) in [5.41, 5.74) is -0.858. The molecule has 1 saturated carbocycles. The van der Waals surface area contributed by atoms with Crippen LogP contribution in [0.1, 0.15) is 11.5 Å². The van der Waals surface area contributed by atoms with E-state index in [2.05, 4.69) is 15.9 Å². The van der Waals surface area contributed by atoms with Crippen molar-refractivity contribution in [2.24, 2.45) is 5.41 Å². The molecule has 2 aromatic rings. The first-order valence-electron chi connectivity index (χ1n) is 6.84. The smallest absolute Gasteiger partial charge is 0.184 e. The minimum atomic E-state index is -3.76. The van der Waals surface area contributed by atoms with Crippen molar-refractivity contribution in [3.63, 3.8) is 0 Å². The van der Waals surface area contributed by atoms with Crippen molar-refractivity contribution in [2.45, 2.75) is 16.1 Å². The van der Waals surface area contributed by atoms with Crippen molar-refractivity contribution in [1.82, 2.24) is 0 Å². The van der Waals surface area contributed by atoms with Crippen LogP contribution in [0.25, 0.3) is 0 Å². The molecule has 1 fully saturated rings. The molecule has 0 spiro atoms. The highest BCUT2D eigenvalue weighted by molar-refractivity contribution is 9.10. The molecule has 2 aromatic carbocycles. The van der Waals surface area contributed by atoms with Gasteiger partial charge in [-0.1, -0.05) is 46.3 Å². The van der Waals surface area contributed by atoms with E-state index in [1.807, 2.05) is 12.1 Å². The topological polar surface area (TPSA) is 81.7 Å². The molecule has 0 aromatic heterocycles. The Labute approximate surface area is 143 Å². The summed E-state index contributed by atoms with van der Waals surface area (Å²) < 4.78 is 26.6. The maximum atomic E-state index is 12.9. The van der Waals surface area contributed by atoms with Gasteiger partial charge in [-0.25, -0.2) is 8.42 Å². The molecule has 0 heterocycles. The van der Waals surface area contributed by atoms with Gasteiger partial charge in [0.15, 0.2) is 15.3 Å². The van der Waals surface area contributed by atoms with Gasteiger partial charge in [-0.3, -0.25) is 0 Å². The third-order valence-electron chi connectivity index (χ3n) is 4.14. The van der Waals surface area contributed by atoms with Gasteiger partial charge in [-0.2, -0.15) is 10.5 Å². The first-order valence-corrected chi connectivity index (χ1v) is 9.18. The molecule has 6 heteroatoms. The maximum Gasteiger partial charge on any atom is 0.184 e. The summed E-state index contributed by atoms with van der Waals surface area (Å²) in [5, 5.41) is 17.9. The van der Waals surface area contributed by atoms with Crippen LogP contribution in [-0.4, -0.2) is 13.7 Å². The van der Waals surface area contributed by atoms with Crippen LogP contribution in [0.2, 0.25) is 0 Å². The number of rotatable bonds is 3. The fourth-order valence-electron chi connectivity index (χ4n) is 2.94. The van der Waals surface area contributed by atoms with Gasteiger partial charge in [0.1, 0.15) is 5.25 Å². The molecule has 1 aliphatic rings. The molecule has 3 rings (SSSR count). The second-order valence-corrected chi connectivity index (χ2v) is 8.39. The van der Waals surface area contributed by atoms with Crippen molar-refractivity contribution in [3.8, 4) is 12.1 Å².